The standard InChI is InChI=1S/C31H31F5N2O6/c1-31(2,3)44-30(41)38-22(17-42-15-18-10-6-4-7-11-18)28(39)37-21(29(40)43-16-19-12-8-5-9-13-19)14-20-23(32)25(34)27(36)26(35)24(20)33/h4-13,21-22H,14-17H2,1-3H3,(H,37,39)(H,38,41)/t21-,22+/m1/s1. The lowest BCUT2D eigenvalue weighted by atomic mass is 10.0. The van der Waals surface area contributed by atoms with Crippen LogP contribution < -0.4 is 10.6 Å². The molecule has 3 aromatic rings. The summed E-state index contributed by atoms with van der Waals surface area (Å²) in [5, 5.41) is 4.50. The second-order valence-electron chi connectivity index (χ2n) is 10.6. The van der Waals surface area contributed by atoms with Crippen LogP contribution >= 0.6 is 0 Å². The van der Waals surface area contributed by atoms with E-state index >= 15 is 0 Å². The minimum atomic E-state index is -2.38. The number of nitrogens with one attached hydrogen (secondary N) is 2. The van der Waals surface area contributed by atoms with Crippen molar-refractivity contribution in [1.29, 1.82) is 0 Å². The van der Waals surface area contributed by atoms with Crippen LogP contribution in [0, 0.1) is 29.1 Å². The molecule has 0 aliphatic rings. The summed E-state index contributed by atoms with van der Waals surface area (Å²) in [5.74, 6) is -13.5. The van der Waals surface area contributed by atoms with E-state index < -0.39 is 83.3 Å². The molecule has 0 aromatic heterocycles. The Balaban J connectivity index is 1.87. The zero-order valence-electron chi connectivity index (χ0n) is 24.1. The van der Waals surface area contributed by atoms with Gasteiger partial charge in [-0.3, -0.25) is 4.79 Å². The van der Waals surface area contributed by atoms with E-state index in [0.29, 0.717) is 5.56 Å². The van der Waals surface area contributed by atoms with Gasteiger partial charge in [0, 0.05) is 12.0 Å². The number of alkyl carbamates (subject to hydrolysis) is 1. The number of esters is 1. The van der Waals surface area contributed by atoms with Gasteiger partial charge in [0.15, 0.2) is 23.3 Å². The highest BCUT2D eigenvalue weighted by molar-refractivity contribution is 5.90. The van der Waals surface area contributed by atoms with Crippen molar-refractivity contribution >= 4 is 18.0 Å². The highest BCUT2D eigenvalue weighted by atomic mass is 19.2. The summed E-state index contributed by atoms with van der Waals surface area (Å²) >= 11 is 0. The number of halogens is 5. The number of benzene rings is 3. The van der Waals surface area contributed by atoms with E-state index in [1.165, 1.54) is 0 Å². The average Bonchev–Trinajstić information content (AvgIpc) is 2.99. The van der Waals surface area contributed by atoms with Crippen molar-refractivity contribution in [2.75, 3.05) is 6.61 Å². The van der Waals surface area contributed by atoms with Crippen molar-refractivity contribution in [3.63, 3.8) is 0 Å². The first-order chi connectivity index (χ1) is 20.8. The zero-order chi connectivity index (χ0) is 32.4. The maximum Gasteiger partial charge on any atom is 0.408 e. The normalized spacial score (nSPS) is 12.6. The van der Waals surface area contributed by atoms with Crippen molar-refractivity contribution in [2.24, 2.45) is 0 Å². The summed E-state index contributed by atoms with van der Waals surface area (Å²) in [6, 6.07) is 13.6. The number of hydrogen-bond donors (Lipinski definition) is 2. The van der Waals surface area contributed by atoms with Gasteiger partial charge in [0.25, 0.3) is 0 Å². The molecule has 8 nitrogen and oxygen atoms in total. The molecule has 0 aliphatic heterocycles. The molecule has 3 rings (SSSR count). The molecule has 0 aliphatic carbocycles. The Hall–Kier alpha value is -4.52. The van der Waals surface area contributed by atoms with E-state index in [4.69, 9.17) is 14.2 Å². The van der Waals surface area contributed by atoms with Gasteiger partial charge in [0.1, 0.15) is 24.3 Å². The minimum Gasteiger partial charge on any atom is -0.459 e. The van der Waals surface area contributed by atoms with Gasteiger partial charge in [-0.15, -0.1) is 0 Å². The van der Waals surface area contributed by atoms with E-state index in [9.17, 15) is 36.3 Å². The van der Waals surface area contributed by atoms with E-state index in [-0.39, 0.29) is 13.2 Å². The lowest BCUT2D eigenvalue weighted by Gasteiger charge is -2.25. The van der Waals surface area contributed by atoms with E-state index in [1.807, 2.05) is 0 Å². The van der Waals surface area contributed by atoms with Gasteiger partial charge in [0.2, 0.25) is 11.7 Å². The molecule has 0 spiro atoms. The SMILES string of the molecule is CC(C)(C)OC(=O)N[C@@H](COCc1ccccc1)C(=O)N[C@H](Cc1c(F)c(F)c(F)c(F)c1F)C(=O)OCc1ccccc1. The molecule has 2 N–H and O–H groups in total. The lowest BCUT2D eigenvalue weighted by Crippen LogP contribution is -2.55. The maximum atomic E-state index is 14.6. The van der Waals surface area contributed by atoms with Crippen LogP contribution in [0.4, 0.5) is 26.7 Å². The van der Waals surface area contributed by atoms with E-state index in [1.54, 1.807) is 81.4 Å². The number of ether oxygens (including phenoxy) is 3. The van der Waals surface area contributed by atoms with Crippen LogP contribution in [-0.2, 0) is 43.4 Å². The predicted octanol–water partition coefficient (Wildman–Crippen LogP) is 5.26. The van der Waals surface area contributed by atoms with Crippen LogP contribution in [0.3, 0.4) is 0 Å². The third-order valence-electron chi connectivity index (χ3n) is 5.94. The first-order valence-electron chi connectivity index (χ1n) is 13.4. The summed E-state index contributed by atoms with van der Waals surface area (Å²) in [4.78, 5) is 38.9. The molecule has 0 radical (unpaired) electrons. The van der Waals surface area contributed by atoms with Gasteiger partial charge >= 0.3 is 12.1 Å². The lowest BCUT2D eigenvalue weighted by molar-refractivity contribution is -0.149. The first kappa shape index (κ1) is 34.0. The van der Waals surface area contributed by atoms with Crippen LogP contribution in [0.5, 0.6) is 0 Å². The molecule has 0 heterocycles. The van der Waals surface area contributed by atoms with Gasteiger partial charge in [-0.25, -0.2) is 31.5 Å². The molecular weight excluding hydrogens is 591 g/mol. The molecule has 0 bridgehead atoms. The summed E-state index contributed by atoms with van der Waals surface area (Å²) in [6.45, 7) is 3.98. The van der Waals surface area contributed by atoms with Crippen molar-refractivity contribution in [3.05, 3.63) is 106 Å². The van der Waals surface area contributed by atoms with Crippen LogP contribution in [0.25, 0.3) is 0 Å². The Kier molecular flexibility index (Phi) is 11.8. The smallest absolute Gasteiger partial charge is 0.408 e. The quantitative estimate of drug-likeness (QED) is 0.124. The fraction of sp³-hybridized carbons (Fsp3) is 0.323. The molecule has 3 aromatic carbocycles. The van der Waals surface area contributed by atoms with E-state index in [0.717, 1.165) is 5.56 Å². The Morgan fingerprint density at radius 1 is 0.705 bits per heavy atom. The Morgan fingerprint density at radius 2 is 1.20 bits per heavy atom. The minimum absolute atomic E-state index is 0.0215. The van der Waals surface area contributed by atoms with Crippen LogP contribution in [0.2, 0.25) is 0 Å². The van der Waals surface area contributed by atoms with Gasteiger partial charge in [-0.1, -0.05) is 60.7 Å². The molecule has 236 valence electrons. The zero-order valence-corrected chi connectivity index (χ0v) is 24.1. The van der Waals surface area contributed by atoms with Crippen molar-refractivity contribution in [2.45, 2.75) is 58.1 Å². The molecule has 2 amide bonds. The third-order valence-corrected chi connectivity index (χ3v) is 5.94. The molecule has 13 heteroatoms. The van der Waals surface area contributed by atoms with Gasteiger partial charge in [0.05, 0.1) is 13.2 Å². The number of rotatable bonds is 12. The summed E-state index contributed by atoms with van der Waals surface area (Å²) in [7, 11) is 0. The fourth-order valence-electron chi connectivity index (χ4n) is 3.83. The van der Waals surface area contributed by atoms with Gasteiger partial charge in [-0.05, 0) is 31.9 Å². The Morgan fingerprint density at radius 3 is 1.73 bits per heavy atom. The monoisotopic (exact) mass is 622 g/mol. The summed E-state index contributed by atoms with van der Waals surface area (Å²) < 4.78 is 86.6. The highest BCUT2D eigenvalue weighted by Gasteiger charge is 2.33. The Bertz CT molecular complexity index is 1420. The summed E-state index contributed by atoms with van der Waals surface area (Å²) in [5.41, 5.74) is -1.05. The second-order valence-corrected chi connectivity index (χ2v) is 10.6. The van der Waals surface area contributed by atoms with E-state index in [2.05, 4.69) is 10.6 Å². The topological polar surface area (TPSA) is 103 Å². The molecule has 0 fully saturated rings. The summed E-state index contributed by atoms with van der Waals surface area (Å²) in [6.07, 6.45) is -2.20. The molecule has 0 saturated heterocycles. The van der Waals surface area contributed by atoms with Crippen LogP contribution in [0.1, 0.15) is 37.5 Å². The predicted molar refractivity (Wildman–Crippen MR) is 147 cm³/mol. The largest absolute Gasteiger partial charge is 0.459 e. The van der Waals surface area contributed by atoms with Crippen molar-refractivity contribution in [3.8, 4) is 0 Å². The van der Waals surface area contributed by atoms with Crippen LogP contribution in [-0.4, -0.2) is 42.3 Å². The highest BCUT2D eigenvalue weighted by Crippen LogP contribution is 2.24. The number of carbonyl (C=O) groups excluding carboxylic acids is 3. The number of amides is 2. The molecule has 0 saturated carbocycles. The van der Waals surface area contributed by atoms with Crippen molar-refractivity contribution < 1.29 is 50.5 Å². The fourth-order valence-corrected chi connectivity index (χ4v) is 3.83. The first-order valence-corrected chi connectivity index (χ1v) is 13.4. The molecule has 2 atom stereocenters. The number of carbonyl (C=O) groups is 3. The third kappa shape index (κ3) is 9.76. The Labute approximate surface area is 250 Å². The van der Waals surface area contributed by atoms with Crippen LogP contribution in [0.15, 0.2) is 60.7 Å². The van der Waals surface area contributed by atoms with Crippen molar-refractivity contribution in [1.82, 2.24) is 10.6 Å². The maximum absolute atomic E-state index is 14.6. The molecule has 44 heavy (non-hydrogen) atoms. The van der Waals surface area contributed by atoms with Gasteiger partial charge in [-0.2, -0.15) is 0 Å². The average molecular weight is 623 g/mol. The second kappa shape index (κ2) is 15.3. The molecule has 0 unspecified atom stereocenters. The number of hydrogen-bond acceptors (Lipinski definition) is 6. The van der Waals surface area contributed by atoms with Gasteiger partial charge < -0.3 is 24.8 Å². The molecular formula is C31H31F5N2O6.